The summed E-state index contributed by atoms with van der Waals surface area (Å²) in [7, 11) is 2.11. The molecule has 1 aliphatic heterocycles. The monoisotopic (exact) mass is 211 g/mol. The van der Waals surface area contributed by atoms with Gasteiger partial charge in [-0.3, -0.25) is 4.79 Å². The van der Waals surface area contributed by atoms with Crippen LogP contribution in [0.2, 0.25) is 0 Å². The average Bonchev–Trinajstić information content (AvgIpc) is 2.16. The molecule has 0 atom stereocenters. The zero-order valence-electron chi connectivity index (χ0n) is 9.92. The number of hydrogen-bond acceptors (Lipinski definition) is 3. The van der Waals surface area contributed by atoms with Crippen LogP contribution in [0.5, 0.6) is 0 Å². The zero-order chi connectivity index (χ0) is 11.3. The van der Waals surface area contributed by atoms with Crippen LogP contribution in [0.3, 0.4) is 0 Å². The molecular weight excluding hydrogens is 190 g/mol. The molecule has 1 amide bonds. The zero-order valence-corrected chi connectivity index (χ0v) is 9.92. The fraction of sp³-hybridized carbons (Fsp3) is 0.818. The van der Waals surface area contributed by atoms with Crippen molar-refractivity contribution in [2.24, 2.45) is 11.0 Å². The maximum atomic E-state index is 11.3. The van der Waals surface area contributed by atoms with Crippen LogP contribution in [0.25, 0.3) is 0 Å². The molecule has 0 aromatic heterocycles. The molecule has 1 aliphatic rings. The molecule has 4 heteroatoms. The summed E-state index contributed by atoms with van der Waals surface area (Å²) in [5.41, 5.74) is 3.74. The second-order valence-electron chi connectivity index (χ2n) is 4.61. The number of hydrogen-bond donors (Lipinski definition) is 1. The molecule has 0 unspecified atom stereocenters. The van der Waals surface area contributed by atoms with Crippen LogP contribution < -0.4 is 5.43 Å². The highest BCUT2D eigenvalue weighted by atomic mass is 16.2. The van der Waals surface area contributed by atoms with Crippen LogP contribution in [0.1, 0.15) is 33.1 Å². The van der Waals surface area contributed by atoms with Gasteiger partial charge < -0.3 is 4.90 Å². The molecule has 1 fully saturated rings. The van der Waals surface area contributed by atoms with Crippen LogP contribution in [-0.2, 0) is 4.79 Å². The van der Waals surface area contributed by atoms with Crippen molar-refractivity contribution in [1.82, 2.24) is 10.3 Å². The van der Waals surface area contributed by atoms with E-state index in [-0.39, 0.29) is 5.91 Å². The number of nitrogens with zero attached hydrogens (tertiary/aromatic N) is 2. The maximum absolute atomic E-state index is 11.3. The average molecular weight is 211 g/mol. The van der Waals surface area contributed by atoms with Gasteiger partial charge in [-0.2, -0.15) is 5.10 Å². The predicted octanol–water partition coefficient (Wildman–Crippen LogP) is 1.23. The standard InChI is InChI=1S/C11H21N3O/c1-9(2)8-11(15)13-12-10-4-6-14(3)7-5-10/h9H,4-8H2,1-3H3,(H,13,15). The van der Waals surface area contributed by atoms with E-state index in [9.17, 15) is 4.79 Å². The van der Waals surface area contributed by atoms with Gasteiger partial charge in [-0.05, 0) is 13.0 Å². The first-order chi connectivity index (χ1) is 7.08. The normalized spacial score (nSPS) is 18.0. The van der Waals surface area contributed by atoms with Gasteiger partial charge in [0.2, 0.25) is 5.91 Å². The van der Waals surface area contributed by atoms with Gasteiger partial charge in [0.05, 0.1) is 0 Å². The smallest absolute Gasteiger partial charge is 0.240 e. The summed E-state index contributed by atoms with van der Waals surface area (Å²) < 4.78 is 0. The number of piperidine rings is 1. The number of carbonyl (C=O) groups is 1. The summed E-state index contributed by atoms with van der Waals surface area (Å²) in [4.78, 5) is 13.6. The maximum Gasteiger partial charge on any atom is 0.240 e. The Morgan fingerprint density at radius 3 is 2.60 bits per heavy atom. The molecule has 0 aromatic rings. The van der Waals surface area contributed by atoms with Gasteiger partial charge in [0.15, 0.2) is 0 Å². The molecule has 0 bridgehead atoms. The van der Waals surface area contributed by atoms with Crippen molar-refractivity contribution in [2.75, 3.05) is 20.1 Å². The van der Waals surface area contributed by atoms with Crippen LogP contribution in [0.15, 0.2) is 5.10 Å². The summed E-state index contributed by atoms with van der Waals surface area (Å²) in [5.74, 6) is 0.416. The Bertz CT molecular complexity index is 238. The highest BCUT2D eigenvalue weighted by molar-refractivity contribution is 5.87. The molecule has 0 aliphatic carbocycles. The van der Waals surface area contributed by atoms with Gasteiger partial charge in [0, 0.05) is 38.1 Å². The highest BCUT2D eigenvalue weighted by Crippen LogP contribution is 2.04. The van der Waals surface area contributed by atoms with Gasteiger partial charge in [-0.1, -0.05) is 13.8 Å². The van der Waals surface area contributed by atoms with Crippen molar-refractivity contribution >= 4 is 11.6 Å². The van der Waals surface area contributed by atoms with E-state index in [1.807, 2.05) is 13.8 Å². The number of nitrogens with one attached hydrogen (secondary N) is 1. The topological polar surface area (TPSA) is 44.7 Å². The quantitative estimate of drug-likeness (QED) is 0.714. The van der Waals surface area contributed by atoms with Crippen LogP contribution in [0, 0.1) is 5.92 Å². The van der Waals surface area contributed by atoms with Crippen LogP contribution >= 0.6 is 0 Å². The van der Waals surface area contributed by atoms with E-state index in [2.05, 4.69) is 22.5 Å². The predicted molar refractivity (Wildman–Crippen MR) is 61.8 cm³/mol. The Hall–Kier alpha value is -0.900. The van der Waals surface area contributed by atoms with E-state index in [0.717, 1.165) is 31.6 Å². The molecule has 0 saturated carbocycles. The van der Waals surface area contributed by atoms with Gasteiger partial charge in [-0.15, -0.1) is 0 Å². The third kappa shape index (κ3) is 4.93. The summed E-state index contributed by atoms with van der Waals surface area (Å²) in [6, 6.07) is 0. The number of likely N-dealkylation sites (tertiary alicyclic amines) is 1. The summed E-state index contributed by atoms with van der Waals surface area (Å²) in [6.45, 7) is 6.14. The molecule has 0 aromatic carbocycles. The molecule has 1 rings (SSSR count). The minimum Gasteiger partial charge on any atom is -0.306 e. The van der Waals surface area contributed by atoms with Crippen molar-refractivity contribution in [3.8, 4) is 0 Å². The summed E-state index contributed by atoms with van der Waals surface area (Å²) in [6.07, 6.45) is 2.49. The van der Waals surface area contributed by atoms with Gasteiger partial charge in [-0.25, -0.2) is 5.43 Å². The van der Waals surface area contributed by atoms with E-state index in [1.54, 1.807) is 0 Å². The number of amides is 1. The van der Waals surface area contributed by atoms with Crippen molar-refractivity contribution < 1.29 is 4.79 Å². The molecule has 0 spiro atoms. The first kappa shape index (κ1) is 12.2. The third-order valence-electron chi connectivity index (χ3n) is 2.50. The van der Waals surface area contributed by atoms with Crippen molar-refractivity contribution in [1.29, 1.82) is 0 Å². The second-order valence-corrected chi connectivity index (χ2v) is 4.61. The highest BCUT2D eigenvalue weighted by Gasteiger charge is 2.11. The van der Waals surface area contributed by atoms with Crippen molar-refractivity contribution in [2.45, 2.75) is 33.1 Å². The largest absolute Gasteiger partial charge is 0.306 e. The fourth-order valence-corrected chi connectivity index (χ4v) is 1.55. The van der Waals surface area contributed by atoms with Gasteiger partial charge in [0.25, 0.3) is 0 Å². The fourth-order valence-electron chi connectivity index (χ4n) is 1.55. The number of hydrazone groups is 1. The number of rotatable bonds is 3. The van der Waals surface area contributed by atoms with E-state index >= 15 is 0 Å². The second kappa shape index (κ2) is 5.85. The SMILES string of the molecule is CC(C)CC(=O)NN=C1CCN(C)CC1. The van der Waals surface area contributed by atoms with Crippen molar-refractivity contribution in [3.05, 3.63) is 0 Å². The first-order valence-corrected chi connectivity index (χ1v) is 5.60. The first-order valence-electron chi connectivity index (χ1n) is 5.60. The lowest BCUT2D eigenvalue weighted by Crippen LogP contribution is -2.32. The Kier molecular flexibility index (Phi) is 4.75. The summed E-state index contributed by atoms with van der Waals surface area (Å²) >= 11 is 0. The molecule has 0 radical (unpaired) electrons. The van der Waals surface area contributed by atoms with Crippen molar-refractivity contribution in [3.63, 3.8) is 0 Å². The molecule has 1 heterocycles. The molecule has 1 N–H and O–H groups in total. The molecule has 4 nitrogen and oxygen atoms in total. The third-order valence-corrected chi connectivity index (χ3v) is 2.50. The Balaban J connectivity index is 2.28. The number of carbonyl (C=O) groups excluding carboxylic acids is 1. The Labute approximate surface area is 91.7 Å². The van der Waals surface area contributed by atoms with Gasteiger partial charge >= 0.3 is 0 Å². The lowest BCUT2D eigenvalue weighted by atomic mass is 10.1. The van der Waals surface area contributed by atoms with Gasteiger partial charge in [0.1, 0.15) is 0 Å². The molecule has 15 heavy (non-hydrogen) atoms. The van der Waals surface area contributed by atoms with E-state index < -0.39 is 0 Å². The van der Waals surface area contributed by atoms with Crippen LogP contribution in [-0.4, -0.2) is 36.7 Å². The Morgan fingerprint density at radius 1 is 1.47 bits per heavy atom. The molecule has 86 valence electrons. The molecular formula is C11H21N3O. The minimum atomic E-state index is 0.0245. The lowest BCUT2D eigenvalue weighted by molar-refractivity contribution is -0.121. The minimum absolute atomic E-state index is 0.0245. The summed E-state index contributed by atoms with van der Waals surface area (Å²) in [5, 5.41) is 4.16. The molecule has 1 saturated heterocycles. The van der Waals surface area contributed by atoms with E-state index in [4.69, 9.17) is 0 Å². The lowest BCUT2D eigenvalue weighted by Gasteiger charge is -2.22. The van der Waals surface area contributed by atoms with E-state index in [1.165, 1.54) is 0 Å². The Morgan fingerprint density at radius 2 is 2.07 bits per heavy atom. The van der Waals surface area contributed by atoms with E-state index in [0.29, 0.717) is 12.3 Å². The van der Waals surface area contributed by atoms with Crippen LogP contribution in [0.4, 0.5) is 0 Å².